The maximum absolute atomic E-state index is 11.8. The highest BCUT2D eigenvalue weighted by atomic mass is 16.4. The lowest BCUT2D eigenvalue weighted by molar-refractivity contribution is -0.137. The van der Waals surface area contributed by atoms with E-state index < -0.39 is 5.97 Å². The summed E-state index contributed by atoms with van der Waals surface area (Å²) in [7, 11) is 0. The van der Waals surface area contributed by atoms with Crippen LogP contribution in [0.15, 0.2) is 0 Å². The molecule has 0 aliphatic carbocycles. The molecule has 6 heteroatoms. The topological polar surface area (TPSA) is 81.7 Å². The number of carbonyl (C=O) groups is 2. The Morgan fingerprint density at radius 2 is 2.25 bits per heavy atom. The molecule has 1 heterocycles. The minimum absolute atomic E-state index is 0.0130. The molecule has 1 aliphatic heterocycles. The summed E-state index contributed by atoms with van der Waals surface area (Å²) >= 11 is 0. The van der Waals surface area contributed by atoms with Crippen molar-refractivity contribution >= 4 is 11.9 Å². The Balaban J connectivity index is 2.17. The Hall–Kier alpha value is -1.14. The van der Waals surface area contributed by atoms with E-state index in [1.54, 1.807) is 0 Å². The molecule has 1 rings (SSSR count). The van der Waals surface area contributed by atoms with E-state index in [2.05, 4.69) is 22.5 Å². The van der Waals surface area contributed by atoms with Crippen molar-refractivity contribution in [1.82, 2.24) is 15.5 Å². The molecule has 0 aromatic carbocycles. The van der Waals surface area contributed by atoms with Gasteiger partial charge < -0.3 is 15.7 Å². The number of carboxylic acids is 1. The summed E-state index contributed by atoms with van der Waals surface area (Å²) in [6.07, 6.45) is 3.03. The summed E-state index contributed by atoms with van der Waals surface area (Å²) in [5.74, 6) is -0.205. The highest BCUT2D eigenvalue weighted by Crippen LogP contribution is 2.11. The van der Waals surface area contributed by atoms with E-state index in [0.29, 0.717) is 25.4 Å². The molecule has 0 saturated carbocycles. The van der Waals surface area contributed by atoms with Gasteiger partial charge in [-0.3, -0.25) is 14.5 Å². The van der Waals surface area contributed by atoms with Crippen molar-refractivity contribution in [3.05, 3.63) is 0 Å². The molecule has 1 unspecified atom stereocenters. The van der Waals surface area contributed by atoms with Crippen LogP contribution < -0.4 is 10.6 Å². The molecule has 1 fully saturated rings. The van der Waals surface area contributed by atoms with Crippen LogP contribution >= 0.6 is 0 Å². The quantitative estimate of drug-likeness (QED) is 0.530. The third kappa shape index (κ3) is 7.45. The van der Waals surface area contributed by atoms with Gasteiger partial charge in [0.2, 0.25) is 5.91 Å². The molecule has 116 valence electrons. The van der Waals surface area contributed by atoms with Crippen LogP contribution in [0.5, 0.6) is 0 Å². The molecular formula is C14H27N3O3. The van der Waals surface area contributed by atoms with Crippen LogP contribution in [0.2, 0.25) is 0 Å². The first-order valence-electron chi connectivity index (χ1n) is 7.53. The molecule has 1 saturated heterocycles. The number of aliphatic carboxylic acids is 1. The monoisotopic (exact) mass is 285 g/mol. The standard InChI is InChI=1S/C14H27N3O3/c1-2-17(10-12-5-3-7-15-9-12)11-13(18)16-8-4-6-14(19)20/h12,15H,2-11H2,1H3,(H,16,18)(H,19,20). The van der Waals surface area contributed by atoms with Gasteiger partial charge in [0.1, 0.15) is 0 Å². The van der Waals surface area contributed by atoms with Crippen molar-refractivity contribution < 1.29 is 14.7 Å². The predicted octanol–water partition coefficient (Wildman–Crippen LogP) is 0.289. The summed E-state index contributed by atoms with van der Waals surface area (Å²) < 4.78 is 0. The molecule has 1 amide bonds. The lowest BCUT2D eigenvalue weighted by Crippen LogP contribution is -2.43. The summed E-state index contributed by atoms with van der Waals surface area (Å²) in [6, 6.07) is 0. The fourth-order valence-corrected chi connectivity index (χ4v) is 2.48. The molecule has 1 atom stereocenters. The third-order valence-electron chi connectivity index (χ3n) is 3.62. The predicted molar refractivity (Wildman–Crippen MR) is 77.6 cm³/mol. The molecule has 20 heavy (non-hydrogen) atoms. The third-order valence-corrected chi connectivity index (χ3v) is 3.62. The average molecular weight is 285 g/mol. The average Bonchev–Trinajstić information content (AvgIpc) is 2.44. The van der Waals surface area contributed by atoms with Gasteiger partial charge in [-0.15, -0.1) is 0 Å². The lowest BCUT2D eigenvalue weighted by atomic mass is 9.99. The van der Waals surface area contributed by atoms with Gasteiger partial charge in [-0.2, -0.15) is 0 Å². The Morgan fingerprint density at radius 1 is 1.45 bits per heavy atom. The maximum atomic E-state index is 11.8. The number of carboxylic acid groups (broad SMARTS) is 1. The molecule has 0 spiro atoms. The Kier molecular flexibility index (Phi) is 8.22. The molecule has 0 aromatic heterocycles. The van der Waals surface area contributed by atoms with E-state index in [-0.39, 0.29) is 12.3 Å². The van der Waals surface area contributed by atoms with E-state index in [1.165, 1.54) is 12.8 Å². The van der Waals surface area contributed by atoms with Crippen molar-refractivity contribution in [1.29, 1.82) is 0 Å². The number of amides is 1. The molecule has 6 nitrogen and oxygen atoms in total. The van der Waals surface area contributed by atoms with Crippen LogP contribution in [-0.4, -0.2) is 61.2 Å². The lowest BCUT2D eigenvalue weighted by Gasteiger charge is -2.29. The van der Waals surface area contributed by atoms with Gasteiger partial charge >= 0.3 is 5.97 Å². The second-order valence-corrected chi connectivity index (χ2v) is 5.39. The molecule has 1 aliphatic rings. The van der Waals surface area contributed by atoms with Crippen LogP contribution in [0, 0.1) is 5.92 Å². The zero-order valence-electron chi connectivity index (χ0n) is 12.4. The largest absolute Gasteiger partial charge is 0.481 e. The zero-order chi connectivity index (χ0) is 14.8. The van der Waals surface area contributed by atoms with Crippen LogP contribution in [0.3, 0.4) is 0 Å². The molecule has 0 aromatic rings. The minimum atomic E-state index is -0.820. The Bertz CT molecular complexity index is 304. The van der Waals surface area contributed by atoms with Gasteiger partial charge in [0.05, 0.1) is 6.54 Å². The molecule has 0 bridgehead atoms. The first kappa shape index (κ1) is 16.9. The van der Waals surface area contributed by atoms with E-state index in [1.807, 2.05) is 0 Å². The van der Waals surface area contributed by atoms with Crippen molar-refractivity contribution in [2.24, 2.45) is 5.92 Å². The first-order valence-corrected chi connectivity index (χ1v) is 7.53. The molecular weight excluding hydrogens is 258 g/mol. The summed E-state index contributed by atoms with van der Waals surface area (Å²) in [5.41, 5.74) is 0. The second kappa shape index (κ2) is 9.72. The van der Waals surface area contributed by atoms with Crippen LogP contribution in [0.1, 0.15) is 32.6 Å². The normalized spacial score (nSPS) is 19.0. The second-order valence-electron chi connectivity index (χ2n) is 5.39. The van der Waals surface area contributed by atoms with Crippen molar-refractivity contribution in [2.45, 2.75) is 32.6 Å². The smallest absolute Gasteiger partial charge is 0.303 e. The fourth-order valence-electron chi connectivity index (χ4n) is 2.48. The van der Waals surface area contributed by atoms with Gasteiger partial charge in [-0.05, 0) is 44.8 Å². The number of hydrogen-bond acceptors (Lipinski definition) is 4. The molecule has 3 N–H and O–H groups in total. The van der Waals surface area contributed by atoms with Gasteiger partial charge in [0.15, 0.2) is 0 Å². The number of nitrogens with one attached hydrogen (secondary N) is 2. The molecule has 0 radical (unpaired) electrons. The highest BCUT2D eigenvalue weighted by molar-refractivity contribution is 5.78. The van der Waals surface area contributed by atoms with Gasteiger partial charge in [-0.25, -0.2) is 0 Å². The summed E-state index contributed by atoms with van der Waals surface area (Å²) in [4.78, 5) is 24.3. The van der Waals surface area contributed by atoms with E-state index in [9.17, 15) is 9.59 Å². The van der Waals surface area contributed by atoms with Gasteiger partial charge in [-0.1, -0.05) is 6.92 Å². The summed E-state index contributed by atoms with van der Waals surface area (Å²) in [6.45, 7) is 6.86. The van der Waals surface area contributed by atoms with Crippen molar-refractivity contribution in [3.63, 3.8) is 0 Å². The van der Waals surface area contributed by atoms with Crippen LogP contribution in [0.4, 0.5) is 0 Å². The highest BCUT2D eigenvalue weighted by Gasteiger charge is 2.17. The fraction of sp³-hybridized carbons (Fsp3) is 0.857. The SMILES string of the molecule is CCN(CC(=O)NCCCC(=O)O)CC1CCCNC1. The van der Waals surface area contributed by atoms with Gasteiger partial charge in [0, 0.05) is 19.5 Å². The van der Waals surface area contributed by atoms with E-state index in [0.717, 1.165) is 26.2 Å². The maximum Gasteiger partial charge on any atom is 0.303 e. The van der Waals surface area contributed by atoms with Gasteiger partial charge in [0.25, 0.3) is 0 Å². The zero-order valence-corrected chi connectivity index (χ0v) is 12.4. The summed E-state index contributed by atoms with van der Waals surface area (Å²) in [5, 5.41) is 14.7. The van der Waals surface area contributed by atoms with Crippen molar-refractivity contribution in [2.75, 3.05) is 39.3 Å². The minimum Gasteiger partial charge on any atom is -0.481 e. The Labute approximate surface area is 120 Å². The van der Waals surface area contributed by atoms with E-state index >= 15 is 0 Å². The van der Waals surface area contributed by atoms with E-state index in [4.69, 9.17) is 5.11 Å². The number of rotatable bonds is 9. The van der Waals surface area contributed by atoms with Crippen molar-refractivity contribution in [3.8, 4) is 0 Å². The number of hydrogen-bond donors (Lipinski definition) is 3. The number of nitrogens with zero attached hydrogens (tertiary/aromatic N) is 1. The first-order chi connectivity index (χ1) is 9.61. The number of piperidine rings is 1. The number of likely N-dealkylation sites (N-methyl/N-ethyl adjacent to an activating group) is 1. The number of carbonyl (C=O) groups excluding carboxylic acids is 1. The van der Waals surface area contributed by atoms with Crippen LogP contribution in [-0.2, 0) is 9.59 Å². The van der Waals surface area contributed by atoms with Crippen LogP contribution in [0.25, 0.3) is 0 Å². The Morgan fingerprint density at radius 3 is 2.85 bits per heavy atom.